The molecule has 256 valence electrons. The van der Waals surface area contributed by atoms with Crippen molar-refractivity contribution in [2.24, 2.45) is 0 Å². The van der Waals surface area contributed by atoms with Crippen LogP contribution in [0.1, 0.15) is 62.1 Å². The van der Waals surface area contributed by atoms with Gasteiger partial charge in [-0.25, -0.2) is 4.39 Å². The maximum absolute atomic E-state index is 15.1. The standard InChI is InChI=1S/C38H44F4N3O2P/c1-2-10-33(39)31-23-28(15-17-34(31)43)37(32(24-38(40,41)42)27-11-4-3-5-12-27)29-16-18-36(48-26-29)47-30-13-8-19-44(25-30)20-9-14-35(46)45-21-6-7-22-45/h3-5,9-12,14-18,23,26,30,36,48H,2,6-8,13,19-22,24-25,43H2,1H3/b14-9+,33-10-,37-32-. The van der Waals surface area contributed by atoms with Gasteiger partial charge in [-0.3, -0.25) is 9.69 Å². The van der Waals surface area contributed by atoms with E-state index in [9.17, 15) is 18.0 Å². The fraction of sp³-hybridized carbons (Fsp3) is 0.395. The van der Waals surface area contributed by atoms with E-state index in [0.717, 1.165) is 51.9 Å². The van der Waals surface area contributed by atoms with Gasteiger partial charge in [0.15, 0.2) is 0 Å². The van der Waals surface area contributed by atoms with Crippen molar-refractivity contribution in [1.29, 1.82) is 0 Å². The van der Waals surface area contributed by atoms with Gasteiger partial charge >= 0.3 is 6.18 Å². The Labute approximate surface area is 282 Å². The van der Waals surface area contributed by atoms with Crippen LogP contribution < -0.4 is 5.73 Å². The van der Waals surface area contributed by atoms with E-state index < -0.39 is 18.4 Å². The molecule has 3 aliphatic rings. The number of carbonyl (C=O) groups is 1. The van der Waals surface area contributed by atoms with Crippen molar-refractivity contribution in [1.82, 2.24) is 9.80 Å². The van der Waals surface area contributed by atoms with Crippen molar-refractivity contribution in [3.63, 3.8) is 0 Å². The summed E-state index contributed by atoms with van der Waals surface area (Å²) in [6.07, 6.45) is 7.64. The van der Waals surface area contributed by atoms with Gasteiger partial charge in [-0.2, -0.15) is 13.2 Å². The zero-order valence-electron chi connectivity index (χ0n) is 27.3. The molecule has 0 aromatic heterocycles. The minimum absolute atomic E-state index is 0.00615. The summed E-state index contributed by atoms with van der Waals surface area (Å²) in [6.45, 7) is 5.82. The molecule has 2 saturated heterocycles. The molecule has 2 N–H and O–H groups in total. The van der Waals surface area contributed by atoms with Gasteiger partial charge in [0.1, 0.15) is 5.83 Å². The number of nitrogens with zero attached hydrogens (tertiary/aromatic N) is 2. The molecule has 10 heteroatoms. The summed E-state index contributed by atoms with van der Waals surface area (Å²) in [7, 11) is 0.177. The summed E-state index contributed by atoms with van der Waals surface area (Å²) in [5.41, 5.74) is 8.54. The van der Waals surface area contributed by atoms with Crippen LogP contribution in [0, 0.1) is 0 Å². The molecule has 0 spiro atoms. The molecular weight excluding hydrogens is 637 g/mol. The van der Waals surface area contributed by atoms with Crippen molar-refractivity contribution in [3.8, 4) is 0 Å². The molecule has 0 saturated carbocycles. The largest absolute Gasteiger partial charge is 0.398 e. The van der Waals surface area contributed by atoms with Crippen molar-refractivity contribution in [2.45, 2.75) is 63.6 Å². The molecule has 2 aromatic rings. The highest BCUT2D eigenvalue weighted by Gasteiger charge is 2.32. The minimum atomic E-state index is -4.48. The molecule has 3 aliphatic heterocycles. The molecule has 3 heterocycles. The van der Waals surface area contributed by atoms with E-state index >= 15 is 4.39 Å². The number of likely N-dealkylation sites (tertiary alicyclic amines) is 2. The second kappa shape index (κ2) is 16.7. The average Bonchev–Trinajstić information content (AvgIpc) is 3.62. The molecule has 0 aliphatic carbocycles. The SMILES string of the molecule is CC/C=C(\F)c1cc(/C(C2=CPC(OC3CCCN(C/C=C/C(=O)N4CCCC4)C3)C=C2)=C(\CC(F)(F)F)c2ccccc2)ccc1N. The van der Waals surface area contributed by atoms with Crippen molar-refractivity contribution in [3.05, 3.63) is 107 Å². The van der Waals surface area contributed by atoms with Crippen LogP contribution in [0.5, 0.6) is 0 Å². The monoisotopic (exact) mass is 681 g/mol. The Morgan fingerprint density at radius 1 is 1.06 bits per heavy atom. The third kappa shape index (κ3) is 9.77. The molecule has 1 amide bonds. The summed E-state index contributed by atoms with van der Waals surface area (Å²) >= 11 is 0. The highest BCUT2D eigenvalue weighted by Crippen LogP contribution is 2.44. The van der Waals surface area contributed by atoms with E-state index in [1.165, 1.54) is 6.08 Å². The number of nitrogen functional groups attached to an aromatic ring is 1. The molecule has 3 atom stereocenters. The van der Waals surface area contributed by atoms with Gasteiger partial charge in [0.05, 0.1) is 18.4 Å². The first-order chi connectivity index (χ1) is 23.1. The number of rotatable bonds is 11. The minimum Gasteiger partial charge on any atom is -0.398 e. The fourth-order valence-electron chi connectivity index (χ4n) is 6.45. The number of anilines is 1. The number of halogens is 4. The Hall–Kier alpha value is -3.52. The summed E-state index contributed by atoms with van der Waals surface area (Å²) in [5.74, 6) is 1.31. The first kappa shape index (κ1) is 35.8. The zero-order chi connectivity index (χ0) is 34.1. The van der Waals surface area contributed by atoms with Crippen molar-refractivity contribution in [2.75, 3.05) is 38.5 Å². The van der Waals surface area contributed by atoms with E-state index in [-0.39, 0.29) is 43.3 Å². The van der Waals surface area contributed by atoms with Gasteiger partial charge in [-0.05, 0) is 84.7 Å². The lowest BCUT2D eigenvalue weighted by Gasteiger charge is -2.34. The number of carbonyl (C=O) groups excluding carboxylic acids is 1. The second-order valence-corrected chi connectivity index (χ2v) is 13.6. The lowest BCUT2D eigenvalue weighted by molar-refractivity contribution is -0.125. The zero-order valence-corrected chi connectivity index (χ0v) is 28.3. The first-order valence-corrected chi connectivity index (χ1v) is 17.9. The maximum atomic E-state index is 15.1. The Balaban J connectivity index is 1.36. The highest BCUT2D eigenvalue weighted by atomic mass is 31.1. The predicted molar refractivity (Wildman–Crippen MR) is 189 cm³/mol. The second-order valence-electron chi connectivity index (χ2n) is 12.4. The van der Waals surface area contributed by atoms with Crippen LogP contribution in [0.3, 0.4) is 0 Å². The van der Waals surface area contributed by atoms with E-state index in [1.807, 2.05) is 28.9 Å². The number of hydrogen-bond acceptors (Lipinski definition) is 4. The summed E-state index contributed by atoms with van der Waals surface area (Å²) in [6, 6.07) is 13.3. The predicted octanol–water partition coefficient (Wildman–Crippen LogP) is 8.97. The van der Waals surface area contributed by atoms with Gasteiger partial charge in [-0.1, -0.05) is 75.9 Å². The molecule has 2 fully saturated rings. The lowest BCUT2D eigenvalue weighted by Crippen LogP contribution is -2.40. The Morgan fingerprint density at radius 2 is 1.83 bits per heavy atom. The van der Waals surface area contributed by atoms with Gasteiger partial charge in [-0.15, -0.1) is 0 Å². The van der Waals surface area contributed by atoms with Crippen LogP contribution in [-0.4, -0.2) is 66.6 Å². The van der Waals surface area contributed by atoms with E-state index in [2.05, 4.69) is 4.90 Å². The molecule has 2 aromatic carbocycles. The van der Waals surface area contributed by atoms with E-state index in [0.29, 0.717) is 35.2 Å². The van der Waals surface area contributed by atoms with Crippen molar-refractivity contribution >= 4 is 37.1 Å². The third-order valence-corrected chi connectivity index (χ3v) is 9.90. The molecule has 48 heavy (non-hydrogen) atoms. The van der Waals surface area contributed by atoms with Gasteiger partial charge < -0.3 is 15.4 Å². The average molecular weight is 682 g/mol. The molecule has 5 nitrogen and oxygen atoms in total. The number of benzene rings is 2. The Bertz CT molecular complexity index is 1580. The van der Waals surface area contributed by atoms with Gasteiger partial charge in [0, 0.05) is 43.5 Å². The van der Waals surface area contributed by atoms with Gasteiger partial charge in [0.2, 0.25) is 5.91 Å². The van der Waals surface area contributed by atoms with Crippen LogP contribution in [0.2, 0.25) is 0 Å². The Kier molecular flexibility index (Phi) is 12.5. The van der Waals surface area contributed by atoms with E-state index in [1.54, 1.807) is 61.5 Å². The quantitative estimate of drug-likeness (QED) is 0.0846. The number of piperidine rings is 1. The molecule has 3 unspecified atom stereocenters. The lowest BCUT2D eigenvalue weighted by atomic mass is 9.87. The molecule has 5 rings (SSSR count). The number of allylic oxidation sites excluding steroid dienone is 5. The normalized spacial score (nSPS) is 22.0. The van der Waals surface area contributed by atoms with E-state index in [4.69, 9.17) is 10.5 Å². The van der Waals surface area contributed by atoms with Crippen LogP contribution in [-0.2, 0) is 9.53 Å². The van der Waals surface area contributed by atoms with Crippen LogP contribution in [0.4, 0.5) is 23.2 Å². The number of nitrogens with two attached hydrogens (primary N) is 1. The summed E-state index contributed by atoms with van der Waals surface area (Å²) < 4.78 is 64.0. The van der Waals surface area contributed by atoms with Crippen LogP contribution in [0.25, 0.3) is 17.0 Å². The topological polar surface area (TPSA) is 58.8 Å². The smallest absolute Gasteiger partial charge is 0.393 e. The highest BCUT2D eigenvalue weighted by molar-refractivity contribution is 7.42. The van der Waals surface area contributed by atoms with Crippen LogP contribution in [0.15, 0.2) is 90.3 Å². The summed E-state index contributed by atoms with van der Waals surface area (Å²) in [4.78, 5) is 16.5. The van der Waals surface area contributed by atoms with Gasteiger partial charge in [0.25, 0.3) is 0 Å². The van der Waals surface area contributed by atoms with Crippen molar-refractivity contribution < 1.29 is 27.1 Å². The molecule has 0 bridgehead atoms. The maximum Gasteiger partial charge on any atom is 0.393 e. The Morgan fingerprint density at radius 3 is 2.52 bits per heavy atom. The number of alkyl halides is 3. The molecule has 0 radical (unpaired) electrons. The molecular formula is C38H44F4N3O2P. The number of amides is 1. The fourth-order valence-corrected chi connectivity index (χ4v) is 7.51. The first-order valence-electron chi connectivity index (χ1n) is 16.7. The van der Waals surface area contributed by atoms with Crippen LogP contribution >= 0.6 is 8.58 Å². The number of hydrogen-bond donors (Lipinski definition) is 1. The summed E-state index contributed by atoms with van der Waals surface area (Å²) in [5, 5.41) is 0. The number of ether oxygens (including phenoxy) is 1. The third-order valence-electron chi connectivity index (χ3n) is 8.77.